The number of aromatic carboxylic acids is 1. The number of aromatic nitrogens is 5. The molecule has 1 aliphatic rings. The van der Waals surface area contributed by atoms with Crippen molar-refractivity contribution in [3.05, 3.63) is 52.3 Å². The highest BCUT2D eigenvalue weighted by molar-refractivity contribution is 7.15. The number of halogens is 3. The highest BCUT2D eigenvalue weighted by Crippen LogP contribution is 2.36. The van der Waals surface area contributed by atoms with E-state index in [9.17, 15) is 23.1 Å². The van der Waals surface area contributed by atoms with Crippen molar-refractivity contribution in [3.8, 4) is 10.8 Å². The lowest BCUT2D eigenvalue weighted by molar-refractivity contribution is -0.137. The van der Waals surface area contributed by atoms with Gasteiger partial charge in [0.05, 0.1) is 5.56 Å². The molecular weight excluding hydrogens is 517 g/mol. The van der Waals surface area contributed by atoms with E-state index in [0.29, 0.717) is 33.6 Å². The average molecular weight is 545 g/mol. The van der Waals surface area contributed by atoms with Crippen molar-refractivity contribution in [3.63, 3.8) is 0 Å². The van der Waals surface area contributed by atoms with Gasteiger partial charge in [0, 0.05) is 23.7 Å². The minimum Gasteiger partial charge on any atom is -0.475 e. The number of nitrogens with one attached hydrogen (secondary N) is 1. The lowest BCUT2D eigenvalue weighted by Gasteiger charge is -2.32. The van der Waals surface area contributed by atoms with Crippen LogP contribution in [0.15, 0.2) is 30.5 Å². The molecule has 2 N–H and O–H groups in total. The van der Waals surface area contributed by atoms with Crippen molar-refractivity contribution >= 4 is 34.3 Å². The highest BCUT2D eigenvalue weighted by Gasteiger charge is 2.31. The summed E-state index contributed by atoms with van der Waals surface area (Å²) >= 11 is 1.46. The zero-order chi connectivity index (χ0) is 27.2. The van der Waals surface area contributed by atoms with E-state index in [2.05, 4.69) is 39.1 Å². The molecule has 5 rings (SSSR count). The number of hydrogen-bond donors (Lipinski definition) is 2. The summed E-state index contributed by atoms with van der Waals surface area (Å²) in [5.41, 5.74) is 0.547. The number of benzene rings is 1. The summed E-state index contributed by atoms with van der Waals surface area (Å²) in [6, 6.07) is 4.98. The second-order valence-electron chi connectivity index (χ2n) is 9.94. The van der Waals surface area contributed by atoms with Crippen LogP contribution < -0.4 is 5.32 Å². The van der Waals surface area contributed by atoms with Gasteiger partial charge >= 0.3 is 12.1 Å². The van der Waals surface area contributed by atoms with Gasteiger partial charge in [-0.1, -0.05) is 32.4 Å². The molecule has 1 atom stereocenters. The molecule has 0 spiro atoms. The normalized spacial score (nSPS) is 15.1. The number of rotatable bonds is 8. The summed E-state index contributed by atoms with van der Waals surface area (Å²) in [7, 11) is 0. The maximum absolute atomic E-state index is 13.1. The fourth-order valence-corrected chi connectivity index (χ4v) is 5.38. The molecule has 0 radical (unpaired) electrons. The SMILES string of the molecule is CC(C)c1cnc(-c2nc3nc(C(=O)O)nc(NC(C)C4CCC4)c3n2Cc2ccc(C(F)(F)F)cc2)s1. The molecule has 1 saturated carbocycles. The number of imidazole rings is 1. The van der Waals surface area contributed by atoms with Crippen LogP contribution in [0, 0.1) is 5.92 Å². The Morgan fingerprint density at radius 1 is 1.16 bits per heavy atom. The number of thiazole rings is 1. The van der Waals surface area contributed by atoms with E-state index in [-0.39, 0.29) is 30.0 Å². The largest absolute Gasteiger partial charge is 0.475 e. The van der Waals surface area contributed by atoms with Gasteiger partial charge in [0.1, 0.15) is 5.52 Å². The number of alkyl halides is 3. The molecule has 1 unspecified atom stereocenters. The third kappa shape index (κ3) is 5.09. The Bertz CT molecular complexity index is 1470. The molecule has 8 nitrogen and oxygen atoms in total. The van der Waals surface area contributed by atoms with Gasteiger partial charge < -0.3 is 15.0 Å². The van der Waals surface area contributed by atoms with E-state index in [1.165, 1.54) is 23.5 Å². The number of hydrogen-bond acceptors (Lipinski definition) is 7. The third-order valence-electron chi connectivity index (χ3n) is 6.92. The Morgan fingerprint density at radius 2 is 1.87 bits per heavy atom. The quantitative estimate of drug-likeness (QED) is 0.263. The van der Waals surface area contributed by atoms with Crippen LogP contribution in [0.3, 0.4) is 0 Å². The first-order chi connectivity index (χ1) is 18.0. The summed E-state index contributed by atoms with van der Waals surface area (Å²) < 4.78 is 41.2. The predicted octanol–water partition coefficient (Wildman–Crippen LogP) is 6.44. The van der Waals surface area contributed by atoms with Gasteiger partial charge in [-0.25, -0.2) is 24.7 Å². The minimum atomic E-state index is -4.44. The van der Waals surface area contributed by atoms with Crippen molar-refractivity contribution < 1.29 is 23.1 Å². The smallest absolute Gasteiger partial charge is 0.416 e. The van der Waals surface area contributed by atoms with Crippen LogP contribution >= 0.6 is 11.3 Å². The van der Waals surface area contributed by atoms with Crippen LogP contribution in [-0.4, -0.2) is 41.6 Å². The molecule has 0 amide bonds. The minimum absolute atomic E-state index is 0.0359. The first-order valence-electron chi connectivity index (χ1n) is 12.4. The lowest BCUT2D eigenvalue weighted by atomic mass is 9.80. The van der Waals surface area contributed by atoms with Gasteiger partial charge in [-0.2, -0.15) is 13.2 Å². The molecule has 38 heavy (non-hydrogen) atoms. The molecule has 4 aromatic rings. The van der Waals surface area contributed by atoms with Gasteiger partial charge in [0.2, 0.25) is 5.82 Å². The second-order valence-corrected chi connectivity index (χ2v) is 11.0. The number of carbonyl (C=O) groups is 1. The van der Waals surface area contributed by atoms with E-state index in [1.807, 2.05) is 11.5 Å². The average Bonchev–Trinajstić information content (AvgIpc) is 3.43. The topological polar surface area (TPSA) is 106 Å². The Morgan fingerprint density at radius 3 is 2.42 bits per heavy atom. The van der Waals surface area contributed by atoms with E-state index in [1.54, 1.807) is 6.20 Å². The monoisotopic (exact) mass is 544 g/mol. The Kier molecular flexibility index (Phi) is 6.84. The van der Waals surface area contributed by atoms with Gasteiger partial charge in [-0.15, -0.1) is 11.3 Å². The van der Waals surface area contributed by atoms with Gasteiger partial charge in [0.15, 0.2) is 22.3 Å². The van der Waals surface area contributed by atoms with E-state index in [4.69, 9.17) is 0 Å². The van der Waals surface area contributed by atoms with Crippen molar-refractivity contribution in [1.29, 1.82) is 0 Å². The maximum atomic E-state index is 13.1. The second kappa shape index (κ2) is 9.97. The molecule has 1 fully saturated rings. The molecule has 0 saturated heterocycles. The molecule has 1 aliphatic carbocycles. The fraction of sp³-hybridized carbons (Fsp3) is 0.423. The third-order valence-corrected chi connectivity index (χ3v) is 8.22. The zero-order valence-electron chi connectivity index (χ0n) is 21.1. The van der Waals surface area contributed by atoms with E-state index in [0.717, 1.165) is 36.3 Å². The van der Waals surface area contributed by atoms with Gasteiger partial charge in [0.25, 0.3) is 0 Å². The van der Waals surface area contributed by atoms with Crippen molar-refractivity contribution in [2.24, 2.45) is 5.92 Å². The van der Waals surface area contributed by atoms with Gasteiger partial charge in [-0.05, 0) is 49.3 Å². The Balaban J connectivity index is 1.67. The van der Waals surface area contributed by atoms with Crippen LogP contribution in [0.25, 0.3) is 22.0 Å². The summed E-state index contributed by atoms with van der Waals surface area (Å²) in [4.78, 5) is 30.6. The lowest BCUT2D eigenvalue weighted by Crippen LogP contribution is -2.31. The van der Waals surface area contributed by atoms with Crippen molar-refractivity contribution in [1.82, 2.24) is 24.5 Å². The van der Waals surface area contributed by atoms with Crippen molar-refractivity contribution in [2.45, 2.75) is 64.7 Å². The van der Waals surface area contributed by atoms with Crippen LogP contribution in [0.2, 0.25) is 0 Å². The van der Waals surface area contributed by atoms with Crippen LogP contribution in [0.4, 0.5) is 19.0 Å². The van der Waals surface area contributed by atoms with Crippen LogP contribution in [-0.2, 0) is 12.7 Å². The van der Waals surface area contributed by atoms with Crippen molar-refractivity contribution in [2.75, 3.05) is 5.32 Å². The van der Waals surface area contributed by atoms with Crippen LogP contribution in [0.5, 0.6) is 0 Å². The van der Waals surface area contributed by atoms with E-state index < -0.39 is 17.7 Å². The first kappa shape index (κ1) is 26.1. The number of anilines is 1. The zero-order valence-corrected chi connectivity index (χ0v) is 21.9. The first-order valence-corrected chi connectivity index (χ1v) is 13.2. The standard InChI is InChI=1S/C26H27F3N6O2S/c1-13(2)18-11-30-24(38-18)23-34-21-19(35(23)12-15-7-9-17(10-8-15)26(27,28)29)20(32-22(33-21)25(36)37)31-14(3)16-5-4-6-16/h7-11,13-14,16H,4-6,12H2,1-3H3,(H,36,37)(H,31,32,33). The fourth-order valence-electron chi connectivity index (χ4n) is 4.46. The number of fused-ring (bicyclic) bond motifs is 1. The molecule has 1 aromatic carbocycles. The number of nitrogens with zero attached hydrogens (tertiary/aromatic N) is 5. The summed E-state index contributed by atoms with van der Waals surface area (Å²) in [6.07, 6.45) is 0.630. The molecular formula is C26H27F3N6O2S. The number of carboxylic acid groups (broad SMARTS) is 1. The molecule has 12 heteroatoms. The molecule has 0 aliphatic heterocycles. The number of carboxylic acids is 1. The van der Waals surface area contributed by atoms with E-state index >= 15 is 0 Å². The van der Waals surface area contributed by atoms with Crippen LogP contribution in [0.1, 0.15) is 72.6 Å². The molecule has 200 valence electrons. The molecule has 3 heterocycles. The predicted molar refractivity (Wildman–Crippen MR) is 138 cm³/mol. The summed E-state index contributed by atoms with van der Waals surface area (Å²) in [5, 5.41) is 13.7. The van der Waals surface area contributed by atoms with Gasteiger partial charge in [-0.3, -0.25) is 0 Å². The molecule has 3 aromatic heterocycles. The summed E-state index contributed by atoms with van der Waals surface area (Å²) in [6.45, 7) is 6.31. The Labute approximate surface area is 221 Å². The maximum Gasteiger partial charge on any atom is 0.416 e. The summed E-state index contributed by atoms with van der Waals surface area (Å²) in [5.74, 6) is -0.194. The Hall–Kier alpha value is -3.54. The molecule has 0 bridgehead atoms. The highest BCUT2D eigenvalue weighted by atomic mass is 32.1.